The number of hydrazone groups is 1. The van der Waals surface area contributed by atoms with E-state index in [1.807, 2.05) is 61.5 Å². The van der Waals surface area contributed by atoms with E-state index in [1.54, 1.807) is 12.1 Å². The maximum Gasteiger partial charge on any atom is 0.283 e. The zero-order chi connectivity index (χ0) is 25.9. The van der Waals surface area contributed by atoms with E-state index in [4.69, 9.17) is 38.1 Å². The van der Waals surface area contributed by atoms with Gasteiger partial charge in [0.15, 0.2) is 11.6 Å². The molecule has 2 aliphatic heterocycles. The number of hydrogen-bond donors (Lipinski definition) is 1. The molecule has 0 spiro atoms. The average Bonchev–Trinajstić information content (AvgIpc) is 3.31. The molecule has 0 radical (unpaired) electrons. The molecular weight excluding hydrogens is 531 g/mol. The number of carbonyl (C=O) groups is 1. The summed E-state index contributed by atoms with van der Waals surface area (Å²) in [5, 5.41) is 16.0. The molecule has 0 atom stereocenters. The number of amides is 1. The summed E-state index contributed by atoms with van der Waals surface area (Å²) >= 11 is 14.1. The second kappa shape index (κ2) is 10.8. The third-order valence-corrected chi connectivity index (χ3v) is 6.95. The van der Waals surface area contributed by atoms with Gasteiger partial charge < -0.3 is 9.47 Å². The van der Waals surface area contributed by atoms with E-state index in [0.29, 0.717) is 28.1 Å². The SMILES string of the molecule is Cc1ccc(C2=NN3C(=N)/C(=C/c4cc(Cl)c(OCCOc5ccccc5)c(Cl)c4)C(=O)N=C3S2)cc1. The molecule has 0 aliphatic carbocycles. The number of fused-ring (bicyclic) bond motifs is 1. The van der Waals surface area contributed by atoms with E-state index in [-0.39, 0.29) is 28.1 Å². The van der Waals surface area contributed by atoms with E-state index in [1.165, 1.54) is 22.8 Å². The van der Waals surface area contributed by atoms with Crippen molar-refractivity contribution in [2.75, 3.05) is 13.2 Å². The van der Waals surface area contributed by atoms with Crippen LogP contribution in [0.5, 0.6) is 11.5 Å². The van der Waals surface area contributed by atoms with Gasteiger partial charge in [-0.1, -0.05) is 71.2 Å². The molecule has 1 N–H and O–H groups in total. The van der Waals surface area contributed by atoms with Crippen LogP contribution in [-0.4, -0.2) is 40.2 Å². The minimum absolute atomic E-state index is 0.0738. The first-order chi connectivity index (χ1) is 17.9. The highest BCUT2D eigenvalue weighted by atomic mass is 35.5. The van der Waals surface area contributed by atoms with Crippen molar-refractivity contribution in [3.8, 4) is 11.5 Å². The molecule has 5 rings (SSSR count). The van der Waals surface area contributed by atoms with Crippen molar-refractivity contribution >= 4 is 63.0 Å². The molecule has 3 aromatic carbocycles. The number of nitrogens with one attached hydrogen (secondary N) is 1. The van der Waals surface area contributed by atoms with E-state index < -0.39 is 5.91 Å². The lowest BCUT2D eigenvalue weighted by molar-refractivity contribution is -0.114. The fourth-order valence-corrected chi connectivity index (χ4v) is 5.10. The first-order valence-corrected chi connectivity index (χ1v) is 12.8. The third kappa shape index (κ3) is 5.56. The number of para-hydroxylation sites is 1. The number of hydrogen-bond acceptors (Lipinski definition) is 6. The standard InChI is InChI=1S/C27H20Cl2N4O3S/c1-16-7-9-18(10-8-16)26-32-33-24(30)20(25(34)31-27(33)37-26)13-17-14-21(28)23(22(29)15-17)36-12-11-35-19-5-3-2-4-6-19/h2-10,13-15,30H,11-12H2,1H3/b20-13-,30-24?. The highest BCUT2D eigenvalue weighted by Gasteiger charge is 2.36. The minimum atomic E-state index is -0.533. The summed E-state index contributed by atoms with van der Waals surface area (Å²) in [7, 11) is 0. The smallest absolute Gasteiger partial charge is 0.283 e. The summed E-state index contributed by atoms with van der Waals surface area (Å²) in [4.78, 5) is 16.9. The van der Waals surface area contributed by atoms with Gasteiger partial charge in [0.05, 0.1) is 15.6 Å². The predicted molar refractivity (Wildman–Crippen MR) is 149 cm³/mol. The Bertz CT molecular complexity index is 1450. The van der Waals surface area contributed by atoms with E-state index >= 15 is 0 Å². The Morgan fingerprint density at radius 2 is 1.68 bits per heavy atom. The summed E-state index contributed by atoms with van der Waals surface area (Å²) in [6, 6.07) is 20.5. The zero-order valence-electron chi connectivity index (χ0n) is 19.6. The number of amidine groups is 2. The summed E-state index contributed by atoms with van der Waals surface area (Å²) in [6.45, 7) is 2.56. The second-order valence-electron chi connectivity index (χ2n) is 8.11. The molecule has 0 aromatic heterocycles. The Balaban J connectivity index is 1.30. The van der Waals surface area contributed by atoms with Crippen molar-refractivity contribution in [2.45, 2.75) is 6.92 Å². The summed E-state index contributed by atoms with van der Waals surface area (Å²) in [6.07, 6.45) is 1.52. The van der Waals surface area contributed by atoms with Crippen LogP contribution in [0.4, 0.5) is 0 Å². The van der Waals surface area contributed by atoms with Gasteiger partial charge in [-0.25, -0.2) is 0 Å². The number of rotatable bonds is 7. The van der Waals surface area contributed by atoms with Crippen molar-refractivity contribution in [3.63, 3.8) is 0 Å². The number of thioether (sulfide) groups is 1. The van der Waals surface area contributed by atoms with Gasteiger partial charge in [-0.15, -0.1) is 0 Å². The number of ether oxygens (including phenoxy) is 2. The van der Waals surface area contributed by atoms with Crippen molar-refractivity contribution in [3.05, 3.63) is 99.0 Å². The van der Waals surface area contributed by atoms with Gasteiger partial charge in [0, 0.05) is 5.56 Å². The van der Waals surface area contributed by atoms with Crippen LogP contribution in [0.15, 0.2) is 82.4 Å². The van der Waals surface area contributed by atoms with E-state index in [2.05, 4.69) is 10.1 Å². The van der Waals surface area contributed by atoms with Gasteiger partial charge in [-0.3, -0.25) is 10.2 Å². The second-order valence-corrected chi connectivity index (χ2v) is 9.89. The molecule has 1 amide bonds. The minimum Gasteiger partial charge on any atom is -0.490 e. The number of carbonyl (C=O) groups excluding carboxylic acids is 1. The highest BCUT2D eigenvalue weighted by molar-refractivity contribution is 8.27. The van der Waals surface area contributed by atoms with Gasteiger partial charge in [-0.2, -0.15) is 15.1 Å². The fraction of sp³-hybridized carbons (Fsp3) is 0.111. The molecule has 7 nitrogen and oxygen atoms in total. The number of aryl methyl sites for hydroxylation is 1. The van der Waals surface area contributed by atoms with Crippen molar-refractivity contribution in [1.82, 2.24) is 5.01 Å². The van der Waals surface area contributed by atoms with Crippen LogP contribution in [0, 0.1) is 12.3 Å². The summed E-state index contributed by atoms with van der Waals surface area (Å²) in [5.74, 6) is 0.447. The Hall–Kier alpha value is -3.59. The Kier molecular flexibility index (Phi) is 7.32. The fourth-order valence-electron chi connectivity index (χ4n) is 3.59. The normalized spacial score (nSPS) is 16.0. The Morgan fingerprint density at radius 1 is 1.00 bits per heavy atom. The van der Waals surface area contributed by atoms with Crippen molar-refractivity contribution in [2.24, 2.45) is 10.1 Å². The van der Waals surface area contributed by atoms with Crippen LogP contribution < -0.4 is 9.47 Å². The third-order valence-electron chi connectivity index (χ3n) is 5.43. The topological polar surface area (TPSA) is 87.3 Å². The molecule has 186 valence electrons. The first kappa shape index (κ1) is 25.1. The summed E-state index contributed by atoms with van der Waals surface area (Å²) < 4.78 is 11.3. The molecule has 2 aliphatic rings. The number of halogens is 2. The molecule has 37 heavy (non-hydrogen) atoms. The number of aliphatic imine (C=N–C) groups is 1. The Morgan fingerprint density at radius 3 is 2.38 bits per heavy atom. The number of nitrogens with zero attached hydrogens (tertiary/aromatic N) is 3. The molecule has 3 aromatic rings. The van der Waals surface area contributed by atoms with Crippen LogP contribution >= 0.6 is 35.0 Å². The quantitative estimate of drug-likeness (QED) is 0.270. The molecular formula is C27H20Cl2N4O3S. The molecule has 0 fully saturated rings. The van der Waals surface area contributed by atoms with Gasteiger partial charge >= 0.3 is 0 Å². The van der Waals surface area contributed by atoms with Crippen LogP contribution in [0.2, 0.25) is 10.0 Å². The van der Waals surface area contributed by atoms with Crippen molar-refractivity contribution in [1.29, 1.82) is 5.41 Å². The van der Waals surface area contributed by atoms with Crippen LogP contribution in [0.25, 0.3) is 6.08 Å². The Labute approximate surface area is 227 Å². The maximum absolute atomic E-state index is 12.8. The molecule has 0 unspecified atom stereocenters. The van der Waals surface area contributed by atoms with Crippen LogP contribution in [0.1, 0.15) is 16.7 Å². The zero-order valence-corrected chi connectivity index (χ0v) is 21.9. The van der Waals surface area contributed by atoms with Crippen LogP contribution in [-0.2, 0) is 4.79 Å². The van der Waals surface area contributed by atoms with Gasteiger partial charge in [0.2, 0.25) is 5.17 Å². The first-order valence-electron chi connectivity index (χ1n) is 11.3. The number of benzene rings is 3. The largest absolute Gasteiger partial charge is 0.490 e. The summed E-state index contributed by atoms with van der Waals surface area (Å²) in [5.41, 5.74) is 2.63. The molecule has 0 bridgehead atoms. The van der Waals surface area contributed by atoms with Crippen molar-refractivity contribution < 1.29 is 14.3 Å². The van der Waals surface area contributed by atoms with Crippen LogP contribution in [0.3, 0.4) is 0 Å². The molecule has 10 heteroatoms. The molecule has 0 saturated heterocycles. The van der Waals surface area contributed by atoms with Gasteiger partial charge in [0.25, 0.3) is 5.91 Å². The molecule has 2 heterocycles. The maximum atomic E-state index is 12.8. The predicted octanol–water partition coefficient (Wildman–Crippen LogP) is 6.43. The van der Waals surface area contributed by atoms with E-state index in [9.17, 15) is 4.79 Å². The monoisotopic (exact) mass is 550 g/mol. The molecule has 0 saturated carbocycles. The lowest BCUT2D eigenvalue weighted by Crippen LogP contribution is -2.35. The lowest BCUT2D eigenvalue weighted by Gasteiger charge is -2.20. The lowest BCUT2D eigenvalue weighted by atomic mass is 10.1. The highest BCUT2D eigenvalue weighted by Crippen LogP contribution is 2.36. The van der Waals surface area contributed by atoms with Gasteiger partial charge in [0.1, 0.15) is 24.0 Å². The van der Waals surface area contributed by atoms with Gasteiger partial charge in [-0.05, 0) is 54.6 Å². The average molecular weight is 551 g/mol. The van der Waals surface area contributed by atoms with E-state index in [0.717, 1.165) is 16.9 Å².